The van der Waals surface area contributed by atoms with E-state index in [4.69, 9.17) is 39.5 Å². The summed E-state index contributed by atoms with van der Waals surface area (Å²) in [7, 11) is 0. The highest BCUT2D eigenvalue weighted by molar-refractivity contribution is 6.67. The highest BCUT2D eigenvalue weighted by Gasteiger charge is 2.33. The molecule has 29 heavy (non-hydrogen) atoms. The van der Waals surface area contributed by atoms with Gasteiger partial charge in [-0.15, -0.1) is 0 Å². The normalized spacial score (nSPS) is 17.6. The van der Waals surface area contributed by atoms with E-state index in [9.17, 15) is 27.9 Å². The Morgan fingerprint density at radius 2 is 1.93 bits per heavy atom. The van der Waals surface area contributed by atoms with Gasteiger partial charge in [-0.3, -0.25) is 10.2 Å². The number of piperidine rings is 1. The molecule has 0 spiro atoms. The minimum Gasteiger partial charge on any atom is -0.468 e. The SMILES string of the molecule is O=C(Nc1cc(C(F)(F)F)ccc1OC1CCCCN1C(=O)O)OCC(Cl)(Cl)Cl. The number of hydrogen-bond donors (Lipinski definition) is 2. The second-order valence-corrected chi connectivity index (χ2v) is 8.59. The van der Waals surface area contributed by atoms with Gasteiger partial charge in [0.2, 0.25) is 3.79 Å². The molecule has 0 saturated carbocycles. The van der Waals surface area contributed by atoms with Gasteiger partial charge in [0.25, 0.3) is 0 Å². The van der Waals surface area contributed by atoms with E-state index < -0.39 is 40.6 Å². The van der Waals surface area contributed by atoms with Crippen molar-refractivity contribution in [2.45, 2.75) is 35.5 Å². The number of carbonyl (C=O) groups excluding carboxylic acids is 1. The quantitative estimate of drug-likeness (QED) is 0.557. The Morgan fingerprint density at radius 3 is 2.52 bits per heavy atom. The highest BCUT2D eigenvalue weighted by Crippen LogP contribution is 2.36. The Kier molecular flexibility index (Phi) is 7.58. The first-order valence-corrected chi connectivity index (χ1v) is 9.38. The van der Waals surface area contributed by atoms with Gasteiger partial charge in [0.05, 0.1) is 11.3 Å². The first-order chi connectivity index (χ1) is 13.4. The molecule has 1 fully saturated rings. The summed E-state index contributed by atoms with van der Waals surface area (Å²) in [6.45, 7) is -0.428. The lowest BCUT2D eigenvalue weighted by Gasteiger charge is -2.33. The number of hydrogen-bond acceptors (Lipinski definition) is 4. The minimum atomic E-state index is -4.69. The van der Waals surface area contributed by atoms with E-state index >= 15 is 0 Å². The fourth-order valence-corrected chi connectivity index (χ4v) is 2.75. The smallest absolute Gasteiger partial charge is 0.416 e. The Hall–Kier alpha value is -1.78. The fourth-order valence-electron chi connectivity index (χ4n) is 2.59. The Labute approximate surface area is 178 Å². The van der Waals surface area contributed by atoms with E-state index in [-0.39, 0.29) is 18.0 Å². The number of benzene rings is 1. The van der Waals surface area contributed by atoms with Crippen LogP contribution in [-0.4, -0.2) is 45.4 Å². The van der Waals surface area contributed by atoms with Crippen LogP contribution in [0.4, 0.5) is 28.4 Å². The van der Waals surface area contributed by atoms with Crippen molar-refractivity contribution in [1.82, 2.24) is 4.90 Å². The largest absolute Gasteiger partial charge is 0.468 e. The van der Waals surface area contributed by atoms with Crippen LogP contribution in [-0.2, 0) is 10.9 Å². The lowest BCUT2D eigenvalue weighted by Crippen LogP contribution is -2.46. The molecule has 1 aliphatic rings. The van der Waals surface area contributed by atoms with Crippen LogP contribution in [0.1, 0.15) is 24.8 Å². The first kappa shape index (κ1) is 23.5. The Morgan fingerprint density at radius 1 is 1.24 bits per heavy atom. The van der Waals surface area contributed by atoms with E-state index in [2.05, 4.69) is 10.1 Å². The predicted molar refractivity (Wildman–Crippen MR) is 99.7 cm³/mol. The first-order valence-electron chi connectivity index (χ1n) is 8.25. The predicted octanol–water partition coefficient (Wildman–Crippen LogP) is 5.49. The van der Waals surface area contributed by atoms with Crippen LogP contribution < -0.4 is 10.1 Å². The second-order valence-electron chi connectivity index (χ2n) is 6.07. The molecule has 0 aliphatic carbocycles. The number of carbonyl (C=O) groups is 2. The lowest BCUT2D eigenvalue weighted by molar-refractivity contribution is -0.137. The maximum Gasteiger partial charge on any atom is 0.416 e. The molecule has 0 bridgehead atoms. The van der Waals surface area contributed by atoms with E-state index in [0.29, 0.717) is 25.3 Å². The van der Waals surface area contributed by atoms with E-state index in [0.717, 1.165) is 17.0 Å². The zero-order valence-electron chi connectivity index (χ0n) is 14.6. The molecule has 1 saturated heterocycles. The molecule has 1 heterocycles. The maximum absolute atomic E-state index is 13.0. The summed E-state index contributed by atoms with van der Waals surface area (Å²) in [6.07, 6.45) is -6.37. The maximum atomic E-state index is 13.0. The highest BCUT2D eigenvalue weighted by atomic mass is 35.6. The molecule has 1 aromatic rings. The molecule has 7 nitrogen and oxygen atoms in total. The molecule has 0 aromatic heterocycles. The third-order valence-electron chi connectivity index (χ3n) is 3.87. The average Bonchev–Trinajstić information content (AvgIpc) is 2.60. The number of alkyl halides is 6. The fraction of sp³-hybridized carbons (Fsp3) is 0.500. The van der Waals surface area contributed by atoms with Crippen LogP contribution in [0.3, 0.4) is 0 Å². The number of carboxylic acid groups (broad SMARTS) is 1. The number of halogens is 6. The summed E-state index contributed by atoms with van der Waals surface area (Å²) in [5, 5.41) is 11.4. The molecule has 13 heteroatoms. The molecule has 2 amide bonds. The summed E-state index contributed by atoms with van der Waals surface area (Å²) in [5.41, 5.74) is -1.43. The van der Waals surface area contributed by atoms with Gasteiger partial charge in [-0.2, -0.15) is 13.2 Å². The zero-order chi connectivity index (χ0) is 21.8. The third-order valence-corrected chi connectivity index (χ3v) is 4.19. The minimum absolute atomic E-state index is 0.165. The molecule has 1 atom stereocenters. The van der Waals surface area contributed by atoms with Crippen molar-refractivity contribution in [1.29, 1.82) is 0 Å². The van der Waals surface area contributed by atoms with Crippen molar-refractivity contribution in [3.8, 4) is 5.75 Å². The van der Waals surface area contributed by atoms with E-state index in [1.165, 1.54) is 0 Å². The lowest BCUT2D eigenvalue weighted by atomic mass is 10.1. The Bertz CT molecular complexity index is 758. The molecule has 162 valence electrons. The van der Waals surface area contributed by atoms with Crippen LogP contribution >= 0.6 is 34.8 Å². The van der Waals surface area contributed by atoms with Crippen molar-refractivity contribution in [2.24, 2.45) is 0 Å². The zero-order valence-corrected chi connectivity index (χ0v) is 16.9. The van der Waals surface area contributed by atoms with Gasteiger partial charge >= 0.3 is 18.4 Å². The van der Waals surface area contributed by atoms with Crippen molar-refractivity contribution in [3.63, 3.8) is 0 Å². The van der Waals surface area contributed by atoms with E-state index in [1.807, 2.05) is 0 Å². The van der Waals surface area contributed by atoms with Crippen LogP contribution in [0.15, 0.2) is 18.2 Å². The topological polar surface area (TPSA) is 88.1 Å². The van der Waals surface area contributed by atoms with Crippen LogP contribution in [0.25, 0.3) is 0 Å². The third kappa shape index (κ3) is 7.20. The molecular weight excluding hydrogens is 464 g/mol. The summed E-state index contributed by atoms with van der Waals surface area (Å²) in [5.74, 6) is -0.165. The van der Waals surface area contributed by atoms with Gasteiger partial charge < -0.3 is 14.6 Å². The van der Waals surface area contributed by atoms with Gasteiger partial charge in [-0.05, 0) is 31.0 Å². The number of likely N-dealkylation sites (tertiary alicyclic amines) is 1. The molecule has 0 radical (unpaired) electrons. The molecular formula is C16H16Cl3F3N2O5. The number of rotatable bonds is 4. The average molecular weight is 480 g/mol. The van der Waals surface area contributed by atoms with Gasteiger partial charge in [0, 0.05) is 13.0 Å². The van der Waals surface area contributed by atoms with Crippen LogP contribution in [0, 0.1) is 0 Å². The van der Waals surface area contributed by atoms with Crippen molar-refractivity contribution in [2.75, 3.05) is 18.5 Å². The van der Waals surface area contributed by atoms with Crippen molar-refractivity contribution >= 4 is 52.7 Å². The molecule has 1 aromatic carbocycles. The van der Waals surface area contributed by atoms with Crippen LogP contribution in [0.5, 0.6) is 5.75 Å². The monoisotopic (exact) mass is 478 g/mol. The molecule has 2 N–H and O–H groups in total. The van der Waals surface area contributed by atoms with Crippen LogP contribution in [0.2, 0.25) is 0 Å². The van der Waals surface area contributed by atoms with Gasteiger partial charge in [0.15, 0.2) is 6.23 Å². The second kappa shape index (κ2) is 9.36. The summed E-state index contributed by atoms with van der Waals surface area (Å²) in [6, 6.07) is 2.38. The number of amides is 2. The molecule has 1 aliphatic heterocycles. The summed E-state index contributed by atoms with van der Waals surface area (Å²) in [4.78, 5) is 24.3. The molecule has 1 unspecified atom stereocenters. The van der Waals surface area contributed by atoms with Gasteiger partial charge in [-0.1, -0.05) is 34.8 Å². The number of nitrogens with one attached hydrogen (secondary N) is 1. The summed E-state index contributed by atoms with van der Waals surface area (Å²) >= 11 is 16.4. The standard InChI is InChI=1S/C16H16Cl3F3N2O5/c17-15(18,19)8-28-13(25)23-10-7-9(16(20,21)22)4-5-11(10)29-12-3-1-2-6-24(12)14(26)27/h4-5,7,12H,1-3,6,8H2,(H,23,25)(H,26,27). The number of ether oxygens (including phenoxy) is 2. The van der Waals surface area contributed by atoms with Crippen molar-refractivity contribution < 1.29 is 37.3 Å². The molecule has 2 rings (SSSR count). The van der Waals surface area contributed by atoms with Gasteiger partial charge in [0.1, 0.15) is 12.4 Å². The number of nitrogens with zero attached hydrogens (tertiary/aromatic N) is 1. The van der Waals surface area contributed by atoms with E-state index in [1.54, 1.807) is 0 Å². The Balaban J connectivity index is 2.26. The number of anilines is 1. The van der Waals surface area contributed by atoms with Crippen molar-refractivity contribution in [3.05, 3.63) is 23.8 Å². The summed E-state index contributed by atoms with van der Waals surface area (Å²) < 4.78 is 47.5. The van der Waals surface area contributed by atoms with Gasteiger partial charge in [-0.25, -0.2) is 9.59 Å².